The zero-order valence-electron chi connectivity index (χ0n) is 8.29. The first-order valence-electron chi connectivity index (χ1n) is 4.55. The van der Waals surface area contributed by atoms with Crippen LogP contribution in [0.2, 0.25) is 0 Å². The summed E-state index contributed by atoms with van der Waals surface area (Å²) < 4.78 is 4.80. The summed E-state index contributed by atoms with van der Waals surface area (Å²) in [5.41, 5.74) is 0.526. The minimum atomic E-state index is -0.148. The summed E-state index contributed by atoms with van der Waals surface area (Å²) >= 11 is 5.98. The van der Waals surface area contributed by atoms with E-state index in [2.05, 4.69) is 5.32 Å². The molecule has 0 aliphatic heterocycles. The van der Waals surface area contributed by atoms with Crippen LogP contribution in [-0.2, 0) is 0 Å². The fourth-order valence-corrected chi connectivity index (χ4v) is 0.999. The van der Waals surface area contributed by atoms with Crippen LogP contribution >= 0.6 is 11.6 Å². The fourth-order valence-electron chi connectivity index (χ4n) is 0.922. The van der Waals surface area contributed by atoms with Crippen LogP contribution in [0, 0.1) is 5.92 Å². The first-order valence-corrected chi connectivity index (χ1v) is 4.99. The quantitative estimate of drug-likeness (QED) is 0.783. The molecule has 78 valence electrons. The van der Waals surface area contributed by atoms with Crippen molar-refractivity contribution in [3.63, 3.8) is 0 Å². The molecule has 1 rings (SSSR count). The number of carbonyl (C=O) groups is 1. The standard InChI is InChI=1S/C10H14ClNO2/c1-7(2)9(11)5-12-10(13)8-3-4-14-6-8/h3-4,6-7,9H,5H2,1-2H3,(H,12,13). The van der Waals surface area contributed by atoms with Gasteiger partial charge in [0.1, 0.15) is 6.26 Å². The molecular weight excluding hydrogens is 202 g/mol. The van der Waals surface area contributed by atoms with E-state index in [9.17, 15) is 4.79 Å². The molecule has 3 nitrogen and oxygen atoms in total. The lowest BCUT2D eigenvalue weighted by molar-refractivity contribution is 0.0952. The highest BCUT2D eigenvalue weighted by molar-refractivity contribution is 6.21. The van der Waals surface area contributed by atoms with Crippen LogP contribution in [0.5, 0.6) is 0 Å². The van der Waals surface area contributed by atoms with Crippen molar-refractivity contribution in [1.82, 2.24) is 5.32 Å². The molecule has 0 aliphatic rings. The van der Waals surface area contributed by atoms with Crippen LogP contribution in [0.15, 0.2) is 23.0 Å². The van der Waals surface area contributed by atoms with E-state index >= 15 is 0 Å². The summed E-state index contributed by atoms with van der Waals surface area (Å²) in [6.07, 6.45) is 2.88. The van der Waals surface area contributed by atoms with Gasteiger partial charge in [-0.3, -0.25) is 4.79 Å². The Bertz CT molecular complexity index is 282. The SMILES string of the molecule is CC(C)C(Cl)CNC(=O)c1ccoc1. The molecule has 0 aromatic carbocycles. The maximum Gasteiger partial charge on any atom is 0.254 e. The fraction of sp³-hybridized carbons (Fsp3) is 0.500. The van der Waals surface area contributed by atoms with E-state index < -0.39 is 0 Å². The van der Waals surface area contributed by atoms with Crippen molar-refractivity contribution in [2.24, 2.45) is 5.92 Å². The van der Waals surface area contributed by atoms with Crippen molar-refractivity contribution in [1.29, 1.82) is 0 Å². The number of nitrogens with one attached hydrogen (secondary N) is 1. The van der Waals surface area contributed by atoms with Crippen LogP contribution in [-0.4, -0.2) is 17.8 Å². The third-order valence-electron chi connectivity index (χ3n) is 1.96. The van der Waals surface area contributed by atoms with Crippen molar-refractivity contribution in [2.75, 3.05) is 6.54 Å². The topological polar surface area (TPSA) is 42.2 Å². The molecule has 1 heterocycles. The van der Waals surface area contributed by atoms with Crippen LogP contribution in [0.25, 0.3) is 0 Å². The second kappa shape index (κ2) is 5.05. The molecule has 1 unspecified atom stereocenters. The van der Waals surface area contributed by atoms with Crippen molar-refractivity contribution in [2.45, 2.75) is 19.2 Å². The number of furan rings is 1. The van der Waals surface area contributed by atoms with Gasteiger partial charge in [-0.1, -0.05) is 13.8 Å². The average Bonchev–Trinajstić information content (AvgIpc) is 2.66. The number of rotatable bonds is 4. The molecule has 1 amide bonds. The zero-order chi connectivity index (χ0) is 10.6. The van der Waals surface area contributed by atoms with E-state index in [-0.39, 0.29) is 11.3 Å². The first kappa shape index (κ1) is 11.1. The summed E-state index contributed by atoms with van der Waals surface area (Å²) in [6.45, 7) is 4.51. The van der Waals surface area contributed by atoms with Crippen LogP contribution in [0.3, 0.4) is 0 Å². The molecule has 1 atom stereocenters. The smallest absolute Gasteiger partial charge is 0.254 e. The Kier molecular flexibility index (Phi) is 4.01. The van der Waals surface area contributed by atoms with E-state index in [0.29, 0.717) is 18.0 Å². The zero-order valence-corrected chi connectivity index (χ0v) is 9.04. The lowest BCUT2D eigenvalue weighted by atomic mass is 10.1. The van der Waals surface area contributed by atoms with E-state index in [1.807, 2.05) is 13.8 Å². The molecule has 0 saturated heterocycles. The van der Waals surface area contributed by atoms with Gasteiger partial charge in [-0.2, -0.15) is 0 Å². The Morgan fingerprint density at radius 2 is 2.36 bits per heavy atom. The van der Waals surface area contributed by atoms with Gasteiger partial charge in [0.15, 0.2) is 0 Å². The number of hydrogen-bond acceptors (Lipinski definition) is 2. The normalized spacial score (nSPS) is 12.9. The summed E-state index contributed by atoms with van der Waals surface area (Å²) in [4.78, 5) is 11.4. The third-order valence-corrected chi connectivity index (χ3v) is 2.62. The molecule has 0 radical (unpaired) electrons. The summed E-state index contributed by atoms with van der Waals surface area (Å²) in [5, 5.41) is 2.70. The number of carbonyl (C=O) groups excluding carboxylic acids is 1. The molecule has 0 saturated carbocycles. The lowest BCUT2D eigenvalue weighted by Crippen LogP contribution is -2.31. The first-order chi connectivity index (χ1) is 6.61. The van der Waals surface area contributed by atoms with E-state index in [1.165, 1.54) is 12.5 Å². The minimum absolute atomic E-state index is 0.0362. The predicted octanol–water partition coefficient (Wildman–Crippen LogP) is 2.27. The molecule has 0 aliphatic carbocycles. The Morgan fingerprint density at radius 1 is 1.64 bits per heavy atom. The molecule has 14 heavy (non-hydrogen) atoms. The molecule has 1 aromatic rings. The maximum absolute atomic E-state index is 11.4. The molecular formula is C10H14ClNO2. The molecule has 4 heteroatoms. The van der Waals surface area contributed by atoms with Crippen molar-refractivity contribution >= 4 is 17.5 Å². The Morgan fingerprint density at radius 3 is 2.86 bits per heavy atom. The van der Waals surface area contributed by atoms with Gasteiger partial charge in [0.25, 0.3) is 5.91 Å². The van der Waals surface area contributed by atoms with Gasteiger partial charge in [0, 0.05) is 6.54 Å². The van der Waals surface area contributed by atoms with E-state index in [1.54, 1.807) is 6.07 Å². The second-order valence-electron chi connectivity index (χ2n) is 3.48. The van der Waals surface area contributed by atoms with Crippen molar-refractivity contribution in [3.8, 4) is 0 Å². The number of hydrogen-bond donors (Lipinski definition) is 1. The van der Waals surface area contributed by atoms with Gasteiger partial charge in [0.05, 0.1) is 17.2 Å². The largest absolute Gasteiger partial charge is 0.472 e. The average molecular weight is 216 g/mol. The van der Waals surface area contributed by atoms with Crippen molar-refractivity contribution in [3.05, 3.63) is 24.2 Å². The Labute approximate surface area is 88.4 Å². The van der Waals surface area contributed by atoms with Gasteiger partial charge in [-0.05, 0) is 12.0 Å². The van der Waals surface area contributed by atoms with Crippen LogP contribution in [0.4, 0.5) is 0 Å². The third kappa shape index (κ3) is 3.07. The van der Waals surface area contributed by atoms with Gasteiger partial charge < -0.3 is 9.73 Å². The molecule has 1 aromatic heterocycles. The lowest BCUT2D eigenvalue weighted by Gasteiger charge is -2.13. The van der Waals surface area contributed by atoms with Gasteiger partial charge in [-0.25, -0.2) is 0 Å². The van der Waals surface area contributed by atoms with Gasteiger partial charge >= 0.3 is 0 Å². The Hall–Kier alpha value is -0.960. The summed E-state index contributed by atoms with van der Waals surface area (Å²) in [7, 11) is 0. The minimum Gasteiger partial charge on any atom is -0.472 e. The number of halogens is 1. The van der Waals surface area contributed by atoms with E-state index in [4.69, 9.17) is 16.0 Å². The van der Waals surface area contributed by atoms with Gasteiger partial charge in [-0.15, -0.1) is 11.6 Å². The van der Waals surface area contributed by atoms with Crippen LogP contribution < -0.4 is 5.32 Å². The molecule has 0 spiro atoms. The monoisotopic (exact) mass is 215 g/mol. The number of alkyl halides is 1. The summed E-state index contributed by atoms with van der Waals surface area (Å²) in [5.74, 6) is 0.200. The van der Waals surface area contributed by atoms with Gasteiger partial charge in [0.2, 0.25) is 0 Å². The molecule has 0 bridgehead atoms. The Balaban J connectivity index is 2.36. The maximum atomic E-state index is 11.4. The highest BCUT2D eigenvalue weighted by Gasteiger charge is 2.12. The molecule has 0 fully saturated rings. The van der Waals surface area contributed by atoms with Crippen molar-refractivity contribution < 1.29 is 9.21 Å². The predicted molar refractivity (Wildman–Crippen MR) is 55.5 cm³/mol. The number of amides is 1. The highest BCUT2D eigenvalue weighted by atomic mass is 35.5. The highest BCUT2D eigenvalue weighted by Crippen LogP contribution is 2.08. The second-order valence-corrected chi connectivity index (χ2v) is 4.04. The van der Waals surface area contributed by atoms with Crippen LogP contribution in [0.1, 0.15) is 24.2 Å². The molecule has 1 N–H and O–H groups in total. The van der Waals surface area contributed by atoms with E-state index in [0.717, 1.165) is 0 Å². The summed E-state index contributed by atoms with van der Waals surface area (Å²) in [6, 6.07) is 1.62.